The number of anilines is 1. The molecule has 0 saturated carbocycles. The molecule has 0 bridgehead atoms. The van der Waals surface area contributed by atoms with Gasteiger partial charge in [-0.3, -0.25) is 0 Å². The molecule has 0 aromatic heterocycles. The van der Waals surface area contributed by atoms with Crippen molar-refractivity contribution >= 4 is 40.8 Å². The van der Waals surface area contributed by atoms with Gasteiger partial charge < -0.3 is 19.1 Å². The fourth-order valence-corrected chi connectivity index (χ4v) is 4.73. The Bertz CT molecular complexity index is 1180. The van der Waals surface area contributed by atoms with Crippen LogP contribution in [0.25, 0.3) is 0 Å². The molecule has 194 valence electrons. The summed E-state index contributed by atoms with van der Waals surface area (Å²) in [6, 6.07) is 21.2. The number of hydrogen-bond acceptors (Lipinski definition) is 6. The van der Waals surface area contributed by atoms with Crippen LogP contribution < -0.4 is 9.64 Å². The van der Waals surface area contributed by atoms with E-state index in [1.807, 2.05) is 24.3 Å². The Morgan fingerprint density at radius 3 is 1.95 bits per heavy atom. The molecule has 0 unspecified atom stereocenters. The summed E-state index contributed by atoms with van der Waals surface area (Å²) in [5.74, 6) is 0.345. The first-order chi connectivity index (χ1) is 17.9. The highest BCUT2D eigenvalue weighted by atomic mass is 35.5. The van der Waals surface area contributed by atoms with Crippen LogP contribution in [0.5, 0.6) is 5.75 Å². The fourth-order valence-electron chi connectivity index (χ4n) is 4.48. The van der Waals surface area contributed by atoms with Crippen molar-refractivity contribution in [2.75, 3.05) is 38.3 Å². The molecular formula is C29H29Cl2NO5. The first-order valence-corrected chi connectivity index (χ1v) is 12.9. The molecule has 0 aliphatic carbocycles. The van der Waals surface area contributed by atoms with Crippen LogP contribution in [-0.4, -0.2) is 45.4 Å². The molecular weight excluding hydrogens is 513 g/mol. The highest BCUT2D eigenvalue weighted by Crippen LogP contribution is 2.31. The Morgan fingerprint density at radius 2 is 1.38 bits per heavy atom. The predicted molar refractivity (Wildman–Crippen MR) is 145 cm³/mol. The zero-order valence-electron chi connectivity index (χ0n) is 20.6. The third-order valence-electron chi connectivity index (χ3n) is 6.64. The number of hydrogen-bond donors (Lipinski definition) is 0. The van der Waals surface area contributed by atoms with Gasteiger partial charge in [-0.1, -0.05) is 23.2 Å². The lowest BCUT2D eigenvalue weighted by Gasteiger charge is -2.39. The lowest BCUT2D eigenvalue weighted by atomic mass is 9.83. The SMILES string of the molecule is COc1ccc(N2CC[C@H](COC(=O)c3ccc(Cl)cc3)[C@H](CCOC(=O)c3ccc(Cl)cc3)C2)cc1. The van der Waals surface area contributed by atoms with Crippen LogP contribution in [0.1, 0.15) is 33.6 Å². The number of carbonyl (C=O) groups excluding carboxylic acids is 2. The second-order valence-corrected chi connectivity index (χ2v) is 9.86. The molecule has 0 spiro atoms. The van der Waals surface area contributed by atoms with Crippen molar-refractivity contribution in [2.24, 2.45) is 11.8 Å². The van der Waals surface area contributed by atoms with Crippen LogP contribution >= 0.6 is 23.2 Å². The monoisotopic (exact) mass is 541 g/mol. The molecule has 3 aromatic carbocycles. The molecule has 6 nitrogen and oxygen atoms in total. The van der Waals surface area contributed by atoms with Gasteiger partial charge in [0.25, 0.3) is 0 Å². The summed E-state index contributed by atoms with van der Waals surface area (Å²) < 4.78 is 16.5. The van der Waals surface area contributed by atoms with E-state index >= 15 is 0 Å². The zero-order chi connectivity index (χ0) is 26.2. The van der Waals surface area contributed by atoms with Gasteiger partial charge in [-0.15, -0.1) is 0 Å². The molecule has 0 radical (unpaired) electrons. The van der Waals surface area contributed by atoms with Crippen molar-refractivity contribution < 1.29 is 23.8 Å². The van der Waals surface area contributed by atoms with Gasteiger partial charge in [-0.05, 0) is 97.5 Å². The molecule has 1 aliphatic rings. The average molecular weight is 542 g/mol. The maximum Gasteiger partial charge on any atom is 0.338 e. The quantitative estimate of drug-likeness (QED) is 0.286. The second-order valence-electron chi connectivity index (χ2n) is 8.99. The minimum Gasteiger partial charge on any atom is -0.497 e. The molecule has 8 heteroatoms. The molecule has 37 heavy (non-hydrogen) atoms. The number of methoxy groups -OCH3 is 1. The summed E-state index contributed by atoms with van der Waals surface area (Å²) in [5, 5.41) is 1.13. The van der Waals surface area contributed by atoms with Gasteiger partial charge >= 0.3 is 11.9 Å². The summed E-state index contributed by atoms with van der Waals surface area (Å²) in [6.45, 7) is 2.16. The topological polar surface area (TPSA) is 65.1 Å². The van der Waals surface area contributed by atoms with E-state index in [1.165, 1.54) is 0 Å². The van der Waals surface area contributed by atoms with Crippen molar-refractivity contribution in [3.05, 3.63) is 94.0 Å². The molecule has 1 heterocycles. The zero-order valence-corrected chi connectivity index (χ0v) is 22.1. The molecule has 2 atom stereocenters. The number of rotatable bonds is 9. The molecule has 4 rings (SSSR count). The van der Waals surface area contributed by atoms with E-state index in [-0.39, 0.29) is 30.4 Å². The molecule has 1 aliphatic heterocycles. The van der Waals surface area contributed by atoms with E-state index in [4.69, 9.17) is 37.4 Å². The van der Waals surface area contributed by atoms with Gasteiger partial charge in [0, 0.05) is 28.8 Å². The average Bonchev–Trinajstić information content (AvgIpc) is 2.93. The summed E-state index contributed by atoms with van der Waals surface area (Å²) in [7, 11) is 1.65. The Hall–Kier alpha value is -3.22. The number of piperidine rings is 1. The normalized spacial score (nSPS) is 17.2. The maximum absolute atomic E-state index is 12.6. The van der Waals surface area contributed by atoms with E-state index in [2.05, 4.69) is 4.90 Å². The Morgan fingerprint density at radius 1 is 0.811 bits per heavy atom. The number of nitrogens with zero attached hydrogens (tertiary/aromatic N) is 1. The smallest absolute Gasteiger partial charge is 0.338 e. The van der Waals surface area contributed by atoms with Crippen LogP contribution in [0.2, 0.25) is 10.0 Å². The van der Waals surface area contributed by atoms with E-state index in [1.54, 1.807) is 55.6 Å². The van der Waals surface area contributed by atoms with Crippen molar-refractivity contribution in [3.63, 3.8) is 0 Å². The fraction of sp³-hybridized carbons (Fsp3) is 0.310. The van der Waals surface area contributed by atoms with Gasteiger partial charge in [0.05, 0.1) is 31.5 Å². The summed E-state index contributed by atoms with van der Waals surface area (Å²) in [6.07, 6.45) is 1.49. The maximum atomic E-state index is 12.6. The van der Waals surface area contributed by atoms with Crippen LogP contribution in [0.4, 0.5) is 5.69 Å². The van der Waals surface area contributed by atoms with Crippen LogP contribution in [-0.2, 0) is 9.47 Å². The number of carbonyl (C=O) groups is 2. The Balaban J connectivity index is 1.39. The largest absolute Gasteiger partial charge is 0.497 e. The van der Waals surface area contributed by atoms with Gasteiger partial charge in [0.2, 0.25) is 0 Å². The third-order valence-corrected chi connectivity index (χ3v) is 7.14. The Labute approximate surface area is 227 Å². The minimum absolute atomic E-state index is 0.139. The van der Waals surface area contributed by atoms with Gasteiger partial charge in [-0.2, -0.15) is 0 Å². The molecule has 1 fully saturated rings. The number of benzene rings is 3. The van der Waals surface area contributed by atoms with E-state index in [9.17, 15) is 9.59 Å². The van der Waals surface area contributed by atoms with Crippen molar-refractivity contribution in [1.82, 2.24) is 0 Å². The second kappa shape index (κ2) is 12.8. The first kappa shape index (κ1) is 26.8. The summed E-state index contributed by atoms with van der Waals surface area (Å²) in [5.41, 5.74) is 2.02. The van der Waals surface area contributed by atoms with Gasteiger partial charge in [0.15, 0.2) is 0 Å². The molecule has 1 saturated heterocycles. The van der Waals surface area contributed by atoms with Crippen molar-refractivity contribution in [1.29, 1.82) is 0 Å². The first-order valence-electron chi connectivity index (χ1n) is 12.2. The molecule has 0 amide bonds. The lowest BCUT2D eigenvalue weighted by Crippen LogP contribution is -2.42. The van der Waals surface area contributed by atoms with Gasteiger partial charge in [0.1, 0.15) is 5.75 Å². The minimum atomic E-state index is -0.384. The number of esters is 2. The van der Waals surface area contributed by atoms with E-state index in [0.29, 0.717) is 34.2 Å². The van der Waals surface area contributed by atoms with E-state index in [0.717, 1.165) is 30.9 Å². The van der Waals surface area contributed by atoms with Crippen LogP contribution in [0.15, 0.2) is 72.8 Å². The standard InChI is InChI=1S/C29H29Cl2NO5/c1-35-27-12-10-26(11-13-27)32-16-14-23(19-37-29(34)21-4-8-25(31)9-5-21)22(18-32)15-17-36-28(33)20-2-6-24(30)7-3-20/h2-13,22-23H,14-19H2,1H3/t22-,23-/m1/s1. The number of halogens is 2. The van der Waals surface area contributed by atoms with Crippen molar-refractivity contribution in [2.45, 2.75) is 12.8 Å². The summed E-state index contributed by atoms with van der Waals surface area (Å²) in [4.78, 5) is 27.3. The van der Waals surface area contributed by atoms with Crippen molar-refractivity contribution in [3.8, 4) is 5.75 Å². The highest BCUT2D eigenvalue weighted by molar-refractivity contribution is 6.31. The van der Waals surface area contributed by atoms with E-state index < -0.39 is 0 Å². The Kier molecular flexibility index (Phi) is 9.31. The lowest BCUT2D eigenvalue weighted by molar-refractivity contribution is 0.0315. The summed E-state index contributed by atoms with van der Waals surface area (Å²) >= 11 is 11.8. The van der Waals surface area contributed by atoms with Crippen LogP contribution in [0.3, 0.4) is 0 Å². The molecule has 0 N–H and O–H groups in total. The highest BCUT2D eigenvalue weighted by Gasteiger charge is 2.31. The predicted octanol–water partition coefficient (Wildman–Crippen LogP) is 6.55. The third kappa shape index (κ3) is 7.40. The number of ether oxygens (including phenoxy) is 3. The molecule has 3 aromatic rings. The van der Waals surface area contributed by atoms with Gasteiger partial charge in [-0.25, -0.2) is 9.59 Å². The van der Waals surface area contributed by atoms with Crippen LogP contribution in [0, 0.1) is 11.8 Å².